The van der Waals surface area contributed by atoms with E-state index in [0.717, 1.165) is 12.0 Å². The normalized spacial score (nSPS) is 18.8. The predicted octanol–water partition coefficient (Wildman–Crippen LogP) is 1.52. The summed E-state index contributed by atoms with van der Waals surface area (Å²) in [5.41, 5.74) is 0.865. The minimum absolute atomic E-state index is 0.0866. The van der Waals surface area contributed by atoms with E-state index in [4.69, 9.17) is 4.74 Å². The number of para-hydroxylation sites is 1. The Morgan fingerprint density at radius 1 is 1.39 bits per heavy atom. The van der Waals surface area contributed by atoms with Crippen molar-refractivity contribution in [2.75, 3.05) is 19.4 Å². The Balaban J connectivity index is 2.02. The van der Waals surface area contributed by atoms with Gasteiger partial charge >= 0.3 is 0 Å². The molecule has 0 spiro atoms. The van der Waals surface area contributed by atoms with E-state index >= 15 is 0 Å². The Kier molecular flexibility index (Phi) is 6.01. The average molecular weight is 340 g/mol. The summed E-state index contributed by atoms with van der Waals surface area (Å²) in [5.74, 6) is 0.547. The van der Waals surface area contributed by atoms with Crippen LogP contribution in [0.2, 0.25) is 0 Å². The number of methoxy groups -OCH3 is 1. The van der Waals surface area contributed by atoms with Gasteiger partial charge in [0.15, 0.2) is 0 Å². The van der Waals surface area contributed by atoms with Crippen LogP contribution in [-0.4, -0.2) is 44.1 Å². The third kappa shape index (κ3) is 4.23. The van der Waals surface area contributed by atoms with E-state index in [2.05, 4.69) is 5.32 Å². The second kappa shape index (κ2) is 7.79. The lowest BCUT2D eigenvalue weighted by Gasteiger charge is -2.23. The van der Waals surface area contributed by atoms with E-state index in [0.29, 0.717) is 31.7 Å². The molecule has 1 aromatic carbocycles. The molecule has 2 rings (SSSR count). The summed E-state index contributed by atoms with van der Waals surface area (Å²) in [6, 6.07) is 6.84. The fraction of sp³-hybridized carbons (Fsp3) is 0.562. The minimum atomic E-state index is -3.35. The lowest BCUT2D eigenvalue weighted by atomic mass is 10.2. The molecule has 6 nitrogen and oxygen atoms in total. The standard InChI is InChI=1S/C16H24N2O4S/c1-3-11-23(20,21)18-10-6-8-14(18)16(19)17-12-13-7-4-5-9-15(13)22-2/h4-5,7,9,14H,3,6,8,10-12H2,1-2H3,(H,17,19)/t14-/m0/s1. The zero-order valence-corrected chi connectivity index (χ0v) is 14.4. The van der Waals surface area contributed by atoms with Crippen molar-refractivity contribution in [1.29, 1.82) is 0 Å². The number of hydrogen-bond donors (Lipinski definition) is 1. The van der Waals surface area contributed by atoms with Crippen LogP contribution in [0, 0.1) is 0 Å². The first kappa shape index (κ1) is 17.7. The highest BCUT2D eigenvalue weighted by Gasteiger charge is 2.37. The maximum absolute atomic E-state index is 12.4. The fourth-order valence-electron chi connectivity index (χ4n) is 2.86. The molecule has 1 atom stereocenters. The van der Waals surface area contributed by atoms with Crippen molar-refractivity contribution in [3.63, 3.8) is 0 Å². The first-order valence-electron chi connectivity index (χ1n) is 7.88. The number of amides is 1. The van der Waals surface area contributed by atoms with Crippen LogP contribution in [0.15, 0.2) is 24.3 Å². The van der Waals surface area contributed by atoms with E-state index in [9.17, 15) is 13.2 Å². The molecule has 0 unspecified atom stereocenters. The van der Waals surface area contributed by atoms with Crippen molar-refractivity contribution in [3.8, 4) is 5.75 Å². The number of carbonyl (C=O) groups excluding carboxylic acids is 1. The predicted molar refractivity (Wildman–Crippen MR) is 88.6 cm³/mol. The maximum atomic E-state index is 12.4. The second-order valence-electron chi connectivity index (χ2n) is 5.61. The van der Waals surface area contributed by atoms with Crippen LogP contribution in [0.3, 0.4) is 0 Å². The highest BCUT2D eigenvalue weighted by molar-refractivity contribution is 7.89. The molecular formula is C16H24N2O4S. The number of carbonyl (C=O) groups is 1. The quantitative estimate of drug-likeness (QED) is 0.816. The van der Waals surface area contributed by atoms with Crippen LogP contribution in [0.4, 0.5) is 0 Å². The number of hydrogen-bond acceptors (Lipinski definition) is 4. The molecule has 1 aliphatic heterocycles. The van der Waals surface area contributed by atoms with E-state index in [1.54, 1.807) is 7.11 Å². The van der Waals surface area contributed by atoms with Gasteiger partial charge in [-0.2, -0.15) is 4.31 Å². The van der Waals surface area contributed by atoms with Gasteiger partial charge in [0.05, 0.1) is 12.9 Å². The average Bonchev–Trinajstić information content (AvgIpc) is 3.03. The Morgan fingerprint density at radius 3 is 2.83 bits per heavy atom. The SMILES string of the molecule is CCCS(=O)(=O)N1CCC[C@H]1C(=O)NCc1ccccc1OC. The number of benzene rings is 1. The molecule has 1 heterocycles. The maximum Gasteiger partial charge on any atom is 0.238 e. The third-order valence-corrected chi connectivity index (χ3v) is 6.05. The van der Waals surface area contributed by atoms with Crippen LogP contribution in [0.1, 0.15) is 31.7 Å². The molecule has 1 fully saturated rings. The summed E-state index contributed by atoms with van der Waals surface area (Å²) in [4.78, 5) is 12.4. The summed E-state index contributed by atoms with van der Waals surface area (Å²) < 4.78 is 31.1. The second-order valence-corrected chi connectivity index (χ2v) is 7.66. The Labute approximate surface area is 137 Å². The zero-order valence-electron chi connectivity index (χ0n) is 13.6. The Bertz CT molecular complexity index is 645. The summed E-state index contributed by atoms with van der Waals surface area (Å²) in [5, 5.41) is 2.83. The molecule has 0 aromatic heterocycles. The molecule has 0 radical (unpaired) electrons. The van der Waals surface area contributed by atoms with Crippen molar-refractivity contribution in [3.05, 3.63) is 29.8 Å². The Morgan fingerprint density at radius 2 is 2.13 bits per heavy atom. The van der Waals surface area contributed by atoms with Crippen molar-refractivity contribution < 1.29 is 17.9 Å². The molecule has 1 aliphatic rings. The van der Waals surface area contributed by atoms with Crippen LogP contribution < -0.4 is 10.1 Å². The summed E-state index contributed by atoms with van der Waals surface area (Å²) in [6.07, 6.45) is 1.84. The van der Waals surface area contributed by atoms with Gasteiger partial charge in [-0.1, -0.05) is 25.1 Å². The van der Waals surface area contributed by atoms with Crippen LogP contribution in [0.5, 0.6) is 5.75 Å². The largest absolute Gasteiger partial charge is 0.496 e. The first-order valence-corrected chi connectivity index (χ1v) is 9.49. The number of nitrogens with one attached hydrogen (secondary N) is 1. The molecule has 1 saturated heterocycles. The van der Waals surface area contributed by atoms with Crippen LogP contribution >= 0.6 is 0 Å². The molecule has 0 saturated carbocycles. The molecule has 7 heteroatoms. The van der Waals surface area contributed by atoms with Crippen molar-refractivity contribution >= 4 is 15.9 Å². The lowest BCUT2D eigenvalue weighted by molar-refractivity contribution is -0.124. The van der Waals surface area contributed by atoms with Gasteiger partial charge < -0.3 is 10.1 Å². The van der Waals surface area contributed by atoms with Gasteiger partial charge in [0.25, 0.3) is 0 Å². The highest BCUT2D eigenvalue weighted by Crippen LogP contribution is 2.23. The first-order chi connectivity index (χ1) is 11.0. The van der Waals surface area contributed by atoms with Crippen molar-refractivity contribution in [2.45, 2.75) is 38.8 Å². The van der Waals surface area contributed by atoms with Gasteiger partial charge in [-0.25, -0.2) is 8.42 Å². The number of nitrogens with zero attached hydrogens (tertiary/aromatic N) is 1. The highest BCUT2D eigenvalue weighted by atomic mass is 32.2. The smallest absolute Gasteiger partial charge is 0.238 e. The van der Waals surface area contributed by atoms with E-state index in [-0.39, 0.29) is 11.7 Å². The topological polar surface area (TPSA) is 75.7 Å². The monoisotopic (exact) mass is 340 g/mol. The van der Waals surface area contributed by atoms with E-state index in [1.807, 2.05) is 31.2 Å². The van der Waals surface area contributed by atoms with Crippen LogP contribution in [0.25, 0.3) is 0 Å². The molecule has 23 heavy (non-hydrogen) atoms. The number of ether oxygens (including phenoxy) is 1. The van der Waals surface area contributed by atoms with Crippen molar-refractivity contribution in [2.24, 2.45) is 0 Å². The van der Waals surface area contributed by atoms with Gasteiger partial charge in [0, 0.05) is 18.7 Å². The summed E-state index contributed by atoms with van der Waals surface area (Å²) in [6.45, 7) is 2.57. The zero-order chi connectivity index (χ0) is 16.9. The molecule has 0 aliphatic carbocycles. The van der Waals surface area contributed by atoms with Gasteiger partial charge in [0.2, 0.25) is 15.9 Å². The van der Waals surface area contributed by atoms with Crippen molar-refractivity contribution in [1.82, 2.24) is 9.62 Å². The number of rotatable bonds is 7. The number of sulfonamides is 1. The van der Waals surface area contributed by atoms with Crippen LogP contribution in [-0.2, 0) is 21.4 Å². The van der Waals surface area contributed by atoms with Gasteiger partial charge in [0.1, 0.15) is 11.8 Å². The Hall–Kier alpha value is -1.60. The van der Waals surface area contributed by atoms with Gasteiger partial charge in [-0.15, -0.1) is 0 Å². The van der Waals surface area contributed by atoms with E-state index in [1.165, 1.54) is 4.31 Å². The molecule has 1 amide bonds. The third-order valence-electron chi connectivity index (χ3n) is 3.97. The van der Waals surface area contributed by atoms with Gasteiger partial charge in [-0.05, 0) is 25.3 Å². The summed E-state index contributed by atoms with van der Waals surface area (Å²) in [7, 11) is -1.77. The lowest BCUT2D eigenvalue weighted by Crippen LogP contribution is -2.46. The van der Waals surface area contributed by atoms with Gasteiger partial charge in [-0.3, -0.25) is 4.79 Å². The molecule has 1 N–H and O–H groups in total. The molecular weight excluding hydrogens is 316 g/mol. The minimum Gasteiger partial charge on any atom is -0.496 e. The summed E-state index contributed by atoms with van der Waals surface area (Å²) >= 11 is 0. The molecule has 128 valence electrons. The fourth-order valence-corrected chi connectivity index (χ4v) is 4.61. The molecule has 1 aromatic rings. The van der Waals surface area contributed by atoms with E-state index < -0.39 is 16.1 Å². The molecule has 0 bridgehead atoms.